The van der Waals surface area contributed by atoms with Crippen molar-refractivity contribution in [2.45, 2.75) is 31.6 Å². The molecule has 1 heterocycles. The first kappa shape index (κ1) is 15.1. The molecule has 0 fully saturated rings. The molecule has 0 spiro atoms. The van der Waals surface area contributed by atoms with Gasteiger partial charge in [0.1, 0.15) is 10.3 Å². The number of nitrogens with zero attached hydrogens (tertiary/aromatic N) is 1. The normalized spacial score (nSPS) is 10.5. The maximum Gasteiger partial charge on any atom is 0.238 e. The summed E-state index contributed by atoms with van der Waals surface area (Å²) in [5.41, 5.74) is 0.590. The largest absolute Gasteiger partial charge is 0.280 e. The topological polar surface area (TPSA) is 30.0 Å². The highest BCUT2D eigenvalue weighted by Crippen LogP contribution is 2.26. The minimum atomic E-state index is 0.0794. The summed E-state index contributed by atoms with van der Waals surface area (Å²) >= 11 is 6.34. The van der Waals surface area contributed by atoms with Crippen molar-refractivity contribution in [2.24, 2.45) is 0 Å². The minimum absolute atomic E-state index is 0.0794. The van der Waals surface area contributed by atoms with Crippen molar-refractivity contribution < 1.29 is 4.79 Å². The van der Waals surface area contributed by atoms with Crippen LogP contribution in [0.4, 0.5) is 0 Å². The number of rotatable bonds is 6. The summed E-state index contributed by atoms with van der Waals surface area (Å²) in [6, 6.07) is 3.84. The molecule has 0 aliphatic heterocycles. The van der Waals surface area contributed by atoms with E-state index in [-0.39, 0.29) is 5.12 Å². The third-order valence-corrected chi connectivity index (χ3v) is 4.37. The zero-order chi connectivity index (χ0) is 12.7. The van der Waals surface area contributed by atoms with Gasteiger partial charge < -0.3 is 0 Å². The van der Waals surface area contributed by atoms with Crippen molar-refractivity contribution in [1.29, 1.82) is 0 Å². The average molecular weight is 334 g/mol. The number of carbonyl (C=O) groups excluding carboxylic acids is 1. The second-order valence-electron chi connectivity index (χ2n) is 3.40. The number of hydrogen-bond acceptors (Lipinski definition) is 4. The molecule has 0 aliphatic rings. The summed E-state index contributed by atoms with van der Waals surface area (Å²) in [4.78, 5) is 17.3. The fraction of sp³-hybridized carbons (Fsp3) is 0.500. The van der Waals surface area contributed by atoms with Crippen LogP contribution in [-0.4, -0.2) is 21.6 Å². The van der Waals surface area contributed by atoms with Crippen molar-refractivity contribution in [3.63, 3.8) is 0 Å². The molecule has 0 atom stereocenters. The van der Waals surface area contributed by atoms with E-state index in [2.05, 4.69) is 34.8 Å². The lowest BCUT2D eigenvalue weighted by Crippen LogP contribution is -2.01. The second-order valence-corrected chi connectivity index (χ2v) is 6.59. The Balaban J connectivity index is 2.78. The zero-order valence-electron chi connectivity index (χ0n) is 10.0. The molecule has 0 aromatic carbocycles. The van der Waals surface area contributed by atoms with Crippen molar-refractivity contribution in [2.75, 3.05) is 11.5 Å². The van der Waals surface area contributed by atoms with Gasteiger partial charge in [-0.3, -0.25) is 4.79 Å². The lowest BCUT2D eigenvalue weighted by atomic mass is 10.4. The van der Waals surface area contributed by atoms with Gasteiger partial charge in [-0.15, -0.1) is 11.8 Å². The molecule has 0 saturated heterocycles. The Morgan fingerprint density at radius 3 is 2.82 bits per heavy atom. The molecular formula is C12H16BrNOS2. The highest BCUT2D eigenvalue weighted by Gasteiger charge is 2.14. The molecule has 1 aromatic heterocycles. The van der Waals surface area contributed by atoms with Gasteiger partial charge in [-0.25, -0.2) is 4.98 Å². The third kappa shape index (κ3) is 5.02. The smallest absolute Gasteiger partial charge is 0.238 e. The van der Waals surface area contributed by atoms with E-state index in [1.807, 2.05) is 12.1 Å². The summed E-state index contributed by atoms with van der Waals surface area (Å²) < 4.78 is 0.720. The SMILES string of the molecule is CCCCSC(=O)c1nc(Br)ccc1SCC. The van der Waals surface area contributed by atoms with Crippen LogP contribution < -0.4 is 0 Å². The Kier molecular flexibility index (Phi) is 7.23. The van der Waals surface area contributed by atoms with Gasteiger partial charge in [0.25, 0.3) is 0 Å². The molecule has 1 aromatic rings. The van der Waals surface area contributed by atoms with Gasteiger partial charge in [-0.2, -0.15) is 0 Å². The van der Waals surface area contributed by atoms with Crippen LogP contribution in [0.2, 0.25) is 0 Å². The lowest BCUT2D eigenvalue weighted by Gasteiger charge is -2.06. The van der Waals surface area contributed by atoms with Crippen LogP contribution in [0, 0.1) is 0 Å². The fourth-order valence-corrected chi connectivity index (χ4v) is 3.25. The van der Waals surface area contributed by atoms with Crippen molar-refractivity contribution in [1.82, 2.24) is 4.98 Å². The molecule has 0 bridgehead atoms. The van der Waals surface area contributed by atoms with Gasteiger partial charge >= 0.3 is 0 Å². The Bertz CT molecular complexity index is 385. The summed E-state index contributed by atoms with van der Waals surface area (Å²) in [5.74, 6) is 1.82. The molecular weight excluding hydrogens is 318 g/mol. The molecule has 17 heavy (non-hydrogen) atoms. The van der Waals surface area contributed by atoms with E-state index in [1.54, 1.807) is 11.8 Å². The number of thioether (sulfide) groups is 2. The highest BCUT2D eigenvalue weighted by molar-refractivity contribution is 9.10. The molecule has 0 saturated carbocycles. The highest BCUT2D eigenvalue weighted by atomic mass is 79.9. The summed E-state index contributed by atoms with van der Waals surface area (Å²) in [7, 11) is 0. The zero-order valence-corrected chi connectivity index (χ0v) is 13.3. The Hall–Kier alpha value is -0.000000000000000111. The number of unbranched alkanes of at least 4 members (excludes halogenated alkanes) is 1. The number of carbonyl (C=O) groups is 1. The molecule has 0 radical (unpaired) electrons. The van der Waals surface area contributed by atoms with Gasteiger partial charge in [-0.1, -0.05) is 32.0 Å². The average Bonchev–Trinajstić information content (AvgIpc) is 2.32. The summed E-state index contributed by atoms with van der Waals surface area (Å²) in [6.07, 6.45) is 2.18. The molecule has 0 amide bonds. The maximum absolute atomic E-state index is 12.0. The van der Waals surface area contributed by atoms with E-state index in [1.165, 1.54) is 11.8 Å². The quantitative estimate of drug-likeness (QED) is 0.431. The van der Waals surface area contributed by atoms with Gasteiger partial charge in [-0.05, 0) is 40.2 Å². The van der Waals surface area contributed by atoms with E-state index in [9.17, 15) is 4.79 Å². The van der Waals surface area contributed by atoms with Gasteiger partial charge in [0, 0.05) is 10.6 Å². The van der Waals surface area contributed by atoms with Crippen LogP contribution in [0.1, 0.15) is 37.2 Å². The summed E-state index contributed by atoms with van der Waals surface area (Å²) in [5, 5.41) is 0.0794. The van der Waals surface area contributed by atoms with Crippen LogP contribution in [0.25, 0.3) is 0 Å². The van der Waals surface area contributed by atoms with Crippen molar-refractivity contribution >= 4 is 44.6 Å². The predicted molar refractivity (Wildman–Crippen MR) is 80.0 cm³/mol. The molecule has 1 rings (SSSR count). The van der Waals surface area contributed by atoms with Crippen molar-refractivity contribution in [3.05, 3.63) is 22.4 Å². The molecule has 94 valence electrons. The molecule has 5 heteroatoms. The predicted octanol–water partition coefficient (Wildman–Crippen LogP) is 4.63. The van der Waals surface area contributed by atoms with Crippen molar-refractivity contribution in [3.8, 4) is 0 Å². The van der Waals surface area contributed by atoms with Gasteiger partial charge in [0.2, 0.25) is 5.12 Å². The first-order chi connectivity index (χ1) is 8.19. The van der Waals surface area contributed by atoms with E-state index < -0.39 is 0 Å². The van der Waals surface area contributed by atoms with Crippen LogP contribution >= 0.6 is 39.5 Å². The van der Waals surface area contributed by atoms with E-state index in [4.69, 9.17) is 0 Å². The first-order valence-corrected chi connectivity index (χ1v) is 8.42. The number of hydrogen-bond donors (Lipinski definition) is 0. The van der Waals surface area contributed by atoms with E-state index in [0.717, 1.165) is 33.8 Å². The van der Waals surface area contributed by atoms with E-state index >= 15 is 0 Å². The number of halogens is 1. The molecule has 2 nitrogen and oxygen atoms in total. The first-order valence-electron chi connectivity index (χ1n) is 5.65. The monoisotopic (exact) mass is 333 g/mol. The molecule has 0 unspecified atom stereocenters. The van der Waals surface area contributed by atoms with E-state index in [0.29, 0.717) is 5.69 Å². The van der Waals surface area contributed by atoms with Gasteiger partial charge in [0.15, 0.2) is 0 Å². The van der Waals surface area contributed by atoms with Crippen LogP contribution in [0.15, 0.2) is 21.6 Å². The number of aromatic nitrogens is 1. The van der Waals surface area contributed by atoms with Crippen LogP contribution in [0.5, 0.6) is 0 Å². The summed E-state index contributed by atoms with van der Waals surface area (Å²) in [6.45, 7) is 4.20. The second kappa shape index (κ2) is 8.16. The standard InChI is InChI=1S/C12H16BrNOS2/c1-3-5-8-17-12(15)11-9(16-4-2)6-7-10(13)14-11/h6-7H,3-5,8H2,1-2H3. The van der Waals surface area contributed by atoms with Gasteiger partial charge in [0.05, 0.1) is 0 Å². The van der Waals surface area contributed by atoms with Crippen LogP contribution in [-0.2, 0) is 0 Å². The lowest BCUT2D eigenvalue weighted by molar-refractivity contribution is 0.108. The number of pyridine rings is 1. The minimum Gasteiger partial charge on any atom is -0.280 e. The molecule has 0 aliphatic carbocycles. The molecule has 0 N–H and O–H groups in total. The Morgan fingerprint density at radius 1 is 1.41 bits per heavy atom. The van der Waals surface area contributed by atoms with Crippen LogP contribution in [0.3, 0.4) is 0 Å². The Labute approximate surface area is 119 Å². The fourth-order valence-electron chi connectivity index (χ4n) is 1.22. The maximum atomic E-state index is 12.0. The Morgan fingerprint density at radius 2 is 2.18 bits per heavy atom. The third-order valence-electron chi connectivity index (χ3n) is 2.05.